The van der Waals surface area contributed by atoms with E-state index in [0.717, 1.165) is 37.2 Å². The molecule has 18 heavy (non-hydrogen) atoms. The van der Waals surface area contributed by atoms with Gasteiger partial charge in [-0.25, -0.2) is 0 Å². The van der Waals surface area contributed by atoms with E-state index in [2.05, 4.69) is 33.9 Å². The van der Waals surface area contributed by atoms with Crippen LogP contribution in [0.5, 0.6) is 0 Å². The van der Waals surface area contributed by atoms with E-state index < -0.39 is 0 Å². The Kier molecular flexibility index (Phi) is 10.6. The molecule has 2 nitrogen and oxygen atoms in total. The largest absolute Gasteiger partial charge is 0.498 e. The molecule has 0 heterocycles. The molecule has 0 aromatic rings. The molecule has 0 aliphatic rings. The van der Waals surface area contributed by atoms with E-state index in [9.17, 15) is 0 Å². The summed E-state index contributed by atoms with van der Waals surface area (Å²) in [7, 11) is 0. The Morgan fingerprint density at radius 1 is 1.00 bits per heavy atom. The molecule has 0 aliphatic carbocycles. The third-order valence-corrected chi connectivity index (χ3v) is 2.79. The van der Waals surface area contributed by atoms with E-state index in [1.807, 2.05) is 0 Å². The van der Waals surface area contributed by atoms with Crippen LogP contribution in [0.3, 0.4) is 0 Å². The van der Waals surface area contributed by atoms with Gasteiger partial charge in [-0.2, -0.15) is 0 Å². The van der Waals surface area contributed by atoms with Gasteiger partial charge in [0.1, 0.15) is 0 Å². The molecular formula is C16H30O2. The van der Waals surface area contributed by atoms with Crippen LogP contribution in [0.15, 0.2) is 24.7 Å². The number of unbranched alkanes of at least 4 members (excludes halogenated alkanes) is 2. The first-order valence-electron chi connectivity index (χ1n) is 7.25. The van der Waals surface area contributed by atoms with Crippen molar-refractivity contribution in [3.8, 4) is 0 Å². The smallest absolute Gasteiger partial charge is 0.0986 e. The van der Waals surface area contributed by atoms with Crippen molar-refractivity contribution in [1.29, 1.82) is 0 Å². The lowest BCUT2D eigenvalue weighted by molar-refractivity contribution is 0.0861. The lowest BCUT2D eigenvalue weighted by Crippen LogP contribution is -2.11. The standard InChI is InChI=1S/C16H30O2/c1-6-8-9-11-15(4)18-16(5)12-13-17-14(3)10-7-2/h16H,3-4,6-13H2,1-2,5H3. The lowest BCUT2D eigenvalue weighted by Gasteiger charge is -2.17. The number of hydrogen-bond donors (Lipinski definition) is 0. The van der Waals surface area contributed by atoms with Gasteiger partial charge in [0.05, 0.1) is 24.2 Å². The van der Waals surface area contributed by atoms with E-state index in [-0.39, 0.29) is 6.10 Å². The SMILES string of the molecule is C=C(CCC)OCCC(C)OC(=C)CCCCC. The molecule has 0 radical (unpaired) electrons. The number of ether oxygens (including phenoxy) is 2. The molecule has 0 aromatic heterocycles. The second-order valence-corrected chi connectivity index (χ2v) is 4.85. The lowest BCUT2D eigenvalue weighted by atomic mass is 10.2. The first-order valence-corrected chi connectivity index (χ1v) is 7.25. The Balaban J connectivity index is 3.54. The second kappa shape index (κ2) is 11.2. The minimum absolute atomic E-state index is 0.175. The third-order valence-electron chi connectivity index (χ3n) is 2.79. The van der Waals surface area contributed by atoms with Gasteiger partial charge in [-0.1, -0.05) is 39.8 Å². The van der Waals surface area contributed by atoms with Gasteiger partial charge in [0.15, 0.2) is 0 Å². The van der Waals surface area contributed by atoms with Crippen LogP contribution in [0.25, 0.3) is 0 Å². The molecule has 0 amide bonds. The second-order valence-electron chi connectivity index (χ2n) is 4.85. The van der Waals surface area contributed by atoms with Gasteiger partial charge in [0, 0.05) is 19.3 Å². The molecule has 1 atom stereocenters. The highest BCUT2D eigenvalue weighted by molar-refractivity contribution is 4.84. The molecule has 106 valence electrons. The molecular weight excluding hydrogens is 224 g/mol. The molecule has 0 N–H and O–H groups in total. The van der Waals surface area contributed by atoms with Gasteiger partial charge in [-0.3, -0.25) is 0 Å². The summed E-state index contributed by atoms with van der Waals surface area (Å²) in [5.41, 5.74) is 0. The van der Waals surface area contributed by atoms with Crippen molar-refractivity contribution in [2.24, 2.45) is 0 Å². The Hall–Kier alpha value is -0.920. The maximum Gasteiger partial charge on any atom is 0.0986 e. The minimum Gasteiger partial charge on any atom is -0.498 e. The summed E-state index contributed by atoms with van der Waals surface area (Å²) in [6.45, 7) is 14.9. The minimum atomic E-state index is 0.175. The van der Waals surface area contributed by atoms with Crippen LogP contribution in [0, 0.1) is 0 Å². The van der Waals surface area contributed by atoms with Gasteiger partial charge < -0.3 is 9.47 Å². The van der Waals surface area contributed by atoms with Crippen molar-refractivity contribution >= 4 is 0 Å². The van der Waals surface area contributed by atoms with Crippen LogP contribution in [-0.2, 0) is 9.47 Å². The van der Waals surface area contributed by atoms with Crippen LogP contribution < -0.4 is 0 Å². The van der Waals surface area contributed by atoms with Crippen molar-refractivity contribution in [2.45, 2.75) is 71.8 Å². The van der Waals surface area contributed by atoms with Crippen molar-refractivity contribution in [3.05, 3.63) is 24.7 Å². The zero-order valence-electron chi connectivity index (χ0n) is 12.5. The molecule has 2 heteroatoms. The monoisotopic (exact) mass is 254 g/mol. The van der Waals surface area contributed by atoms with Crippen molar-refractivity contribution in [2.75, 3.05) is 6.61 Å². The Labute approximate surface area is 113 Å². The van der Waals surface area contributed by atoms with Crippen LogP contribution in [-0.4, -0.2) is 12.7 Å². The topological polar surface area (TPSA) is 18.5 Å². The molecule has 0 saturated heterocycles. The molecule has 1 unspecified atom stereocenters. The fourth-order valence-corrected chi connectivity index (χ4v) is 1.69. The molecule has 0 aliphatic heterocycles. The number of allylic oxidation sites excluding steroid dienone is 2. The summed E-state index contributed by atoms with van der Waals surface area (Å²) in [6, 6.07) is 0. The quantitative estimate of drug-likeness (QED) is 0.352. The number of rotatable bonds is 12. The summed E-state index contributed by atoms with van der Waals surface area (Å²) < 4.78 is 11.3. The predicted molar refractivity (Wildman–Crippen MR) is 78.4 cm³/mol. The molecule has 0 saturated carbocycles. The fourth-order valence-electron chi connectivity index (χ4n) is 1.69. The van der Waals surface area contributed by atoms with E-state index >= 15 is 0 Å². The predicted octanol–water partition coefficient (Wildman–Crippen LogP) is 5.21. The highest BCUT2D eigenvalue weighted by Crippen LogP contribution is 2.13. The van der Waals surface area contributed by atoms with Gasteiger partial charge in [-0.05, 0) is 19.8 Å². The van der Waals surface area contributed by atoms with Crippen molar-refractivity contribution in [1.82, 2.24) is 0 Å². The maximum atomic E-state index is 5.73. The highest BCUT2D eigenvalue weighted by Gasteiger charge is 2.05. The maximum absolute atomic E-state index is 5.73. The van der Waals surface area contributed by atoms with Crippen molar-refractivity contribution < 1.29 is 9.47 Å². The Morgan fingerprint density at radius 2 is 1.72 bits per heavy atom. The van der Waals surface area contributed by atoms with E-state index in [0.29, 0.717) is 6.61 Å². The first kappa shape index (κ1) is 17.1. The van der Waals surface area contributed by atoms with E-state index in [1.54, 1.807) is 0 Å². The van der Waals surface area contributed by atoms with Gasteiger partial charge in [0.2, 0.25) is 0 Å². The average Bonchev–Trinajstić information content (AvgIpc) is 2.29. The summed E-state index contributed by atoms with van der Waals surface area (Å²) >= 11 is 0. The Morgan fingerprint density at radius 3 is 2.33 bits per heavy atom. The Bertz CT molecular complexity index is 233. The third kappa shape index (κ3) is 10.2. The van der Waals surface area contributed by atoms with Gasteiger partial charge in [-0.15, -0.1) is 0 Å². The zero-order chi connectivity index (χ0) is 13.8. The van der Waals surface area contributed by atoms with Crippen molar-refractivity contribution in [3.63, 3.8) is 0 Å². The average molecular weight is 254 g/mol. The molecule has 0 spiro atoms. The van der Waals surface area contributed by atoms with Gasteiger partial charge in [0.25, 0.3) is 0 Å². The molecule has 0 rings (SSSR count). The normalized spacial score (nSPS) is 11.9. The van der Waals surface area contributed by atoms with Crippen LogP contribution in [0.1, 0.15) is 65.7 Å². The summed E-state index contributed by atoms with van der Waals surface area (Å²) in [4.78, 5) is 0. The van der Waals surface area contributed by atoms with Crippen LogP contribution in [0.4, 0.5) is 0 Å². The molecule has 0 fully saturated rings. The highest BCUT2D eigenvalue weighted by atomic mass is 16.5. The van der Waals surface area contributed by atoms with Crippen LogP contribution >= 0.6 is 0 Å². The van der Waals surface area contributed by atoms with Crippen LogP contribution in [0.2, 0.25) is 0 Å². The summed E-state index contributed by atoms with van der Waals surface area (Å²) in [5, 5.41) is 0. The van der Waals surface area contributed by atoms with E-state index in [4.69, 9.17) is 9.47 Å². The molecule has 0 aromatic carbocycles. The van der Waals surface area contributed by atoms with Gasteiger partial charge >= 0.3 is 0 Å². The molecule has 0 bridgehead atoms. The fraction of sp³-hybridized carbons (Fsp3) is 0.750. The summed E-state index contributed by atoms with van der Waals surface area (Å²) in [5.74, 6) is 1.79. The zero-order valence-corrected chi connectivity index (χ0v) is 12.5. The van der Waals surface area contributed by atoms with E-state index in [1.165, 1.54) is 19.3 Å². The number of hydrogen-bond acceptors (Lipinski definition) is 2. The first-order chi connectivity index (χ1) is 8.60. The summed E-state index contributed by atoms with van der Waals surface area (Å²) in [6.07, 6.45) is 7.71.